The summed E-state index contributed by atoms with van der Waals surface area (Å²) in [6, 6.07) is 0. The Hall–Kier alpha value is 0.590. The lowest BCUT2D eigenvalue weighted by Gasteiger charge is -2.23. The van der Waals surface area contributed by atoms with Gasteiger partial charge in [-0.15, -0.1) is 11.7 Å². The quantitative estimate of drug-likeness (QED) is 0.252. The van der Waals surface area contributed by atoms with Crippen molar-refractivity contribution in [1.82, 2.24) is 4.90 Å². The molecule has 0 radical (unpaired) electrons. The van der Waals surface area contributed by atoms with Crippen LogP contribution in [0.5, 0.6) is 0 Å². The molecular formula is C13H27NS3. The van der Waals surface area contributed by atoms with Crippen LogP contribution in [0.2, 0.25) is 0 Å². The van der Waals surface area contributed by atoms with Gasteiger partial charge in [-0.2, -0.15) is 0 Å². The van der Waals surface area contributed by atoms with Crippen molar-refractivity contribution in [2.75, 3.05) is 13.1 Å². The van der Waals surface area contributed by atoms with E-state index in [1.54, 1.807) is 0 Å². The Morgan fingerprint density at radius 3 is 1.76 bits per heavy atom. The van der Waals surface area contributed by atoms with Crippen molar-refractivity contribution in [2.45, 2.75) is 65.2 Å². The van der Waals surface area contributed by atoms with Crippen LogP contribution in [0.15, 0.2) is 0 Å². The van der Waals surface area contributed by atoms with E-state index in [2.05, 4.69) is 30.4 Å². The molecule has 0 aliphatic rings. The molecule has 0 amide bonds. The summed E-state index contributed by atoms with van der Waals surface area (Å²) in [4.78, 5) is 2.33. The molecule has 0 aromatic carbocycles. The predicted molar refractivity (Wildman–Crippen MR) is 89.0 cm³/mol. The smallest absolute Gasteiger partial charge is 0.146 e. The van der Waals surface area contributed by atoms with Crippen LogP contribution < -0.4 is 0 Å². The highest BCUT2D eigenvalue weighted by atomic mass is 33.1. The molecule has 0 aromatic heterocycles. The fourth-order valence-corrected chi connectivity index (χ4v) is 2.64. The summed E-state index contributed by atoms with van der Waals surface area (Å²) >= 11 is 9.56. The molecule has 102 valence electrons. The summed E-state index contributed by atoms with van der Waals surface area (Å²) in [5.41, 5.74) is 0. The van der Waals surface area contributed by atoms with Gasteiger partial charge in [0.15, 0.2) is 0 Å². The number of unbranched alkanes of at least 4 members (excludes halogenated alkanes) is 6. The molecule has 0 saturated heterocycles. The Kier molecular flexibility index (Phi) is 13.5. The van der Waals surface area contributed by atoms with Gasteiger partial charge in [-0.1, -0.05) is 64.6 Å². The van der Waals surface area contributed by atoms with Crippen LogP contribution in [-0.2, 0) is 0 Å². The van der Waals surface area contributed by atoms with Crippen molar-refractivity contribution in [3.05, 3.63) is 0 Å². The van der Waals surface area contributed by atoms with Crippen molar-refractivity contribution in [3.8, 4) is 0 Å². The van der Waals surface area contributed by atoms with Crippen LogP contribution in [0.25, 0.3) is 0 Å². The van der Waals surface area contributed by atoms with E-state index >= 15 is 0 Å². The van der Waals surface area contributed by atoms with Crippen molar-refractivity contribution < 1.29 is 0 Å². The van der Waals surface area contributed by atoms with E-state index in [1.165, 1.54) is 62.2 Å². The van der Waals surface area contributed by atoms with Gasteiger partial charge in [0.1, 0.15) is 4.32 Å². The lowest BCUT2D eigenvalue weighted by molar-refractivity contribution is 0.398. The van der Waals surface area contributed by atoms with Gasteiger partial charge in [0, 0.05) is 13.1 Å². The minimum atomic E-state index is 0.946. The van der Waals surface area contributed by atoms with Gasteiger partial charge in [-0.05, 0) is 23.6 Å². The van der Waals surface area contributed by atoms with Gasteiger partial charge in [0.05, 0.1) is 0 Å². The average molecular weight is 294 g/mol. The number of rotatable bonds is 10. The first-order chi connectivity index (χ1) is 8.26. The zero-order valence-corrected chi connectivity index (χ0v) is 13.8. The predicted octanol–water partition coefficient (Wildman–Crippen LogP) is 5.31. The van der Waals surface area contributed by atoms with Crippen LogP contribution in [0.4, 0.5) is 0 Å². The van der Waals surface area contributed by atoms with E-state index in [4.69, 9.17) is 12.2 Å². The first-order valence-electron chi connectivity index (χ1n) is 6.86. The van der Waals surface area contributed by atoms with Crippen molar-refractivity contribution >= 4 is 39.0 Å². The van der Waals surface area contributed by atoms with Crippen LogP contribution in [0.1, 0.15) is 65.2 Å². The molecule has 0 unspecified atom stereocenters. The second-order valence-electron chi connectivity index (χ2n) is 4.47. The molecule has 0 N–H and O–H groups in total. The van der Waals surface area contributed by atoms with Gasteiger partial charge in [-0.25, -0.2) is 0 Å². The molecule has 0 rings (SSSR count). The number of thiol groups is 1. The van der Waals surface area contributed by atoms with Gasteiger partial charge >= 0.3 is 0 Å². The highest BCUT2D eigenvalue weighted by Gasteiger charge is 2.08. The number of nitrogens with zero attached hydrogens (tertiary/aromatic N) is 1. The first-order valence-corrected chi connectivity index (χ1v) is 9.14. The minimum absolute atomic E-state index is 0.946. The molecular weight excluding hydrogens is 266 g/mol. The highest BCUT2D eigenvalue weighted by molar-refractivity contribution is 8.76. The van der Waals surface area contributed by atoms with Gasteiger partial charge in [0.25, 0.3) is 0 Å². The molecule has 0 heterocycles. The molecule has 4 heteroatoms. The standard InChI is InChI=1S/C13H27NS3/c1-3-5-7-9-11-14(13(15)17-16)12-10-8-6-4-2/h16H,3-12H2,1-2H3. The third-order valence-electron chi connectivity index (χ3n) is 2.90. The van der Waals surface area contributed by atoms with E-state index in [0.29, 0.717) is 0 Å². The molecule has 0 aliphatic heterocycles. The Balaban J connectivity index is 3.76. The fraction of sp³-hybridized carbons (Fsp3) is 0.923. The lowest BCUT2D eigenvalue weighted by atomic mass is 10.2. The summed E-state index contributed by atoms with van der Waals surface area (Å²) in [5, 5.41) is 0. The van der Waals surface area contributed by atoms with Crippen molar-refractivity contribution in [2.24, 2.45) is 0 Å². The molecule has 0 saturated carbocycles. The zero-order valence-electron chi connectivity index (χ0n) is 11.3. The van der Waals surface area contributed by atoms with Crippen LogP contribution in [-0.4, -0.2) is 22.3 Å². The Morgan fingerprint density at radius 2 is 1.41 bits per heavy atom. The van der Waals surface area contributed by atoms with Gasteiger partial charge in [0.2, 0.25) is 0 Å². The third kappa shape index (κ3) is 10.2. The fourth-order valence-electron chi connectivity index (χ4n) is 1.81. The Bertz CT molecular complexity index is 174. The zero-order chi connectivity index (χ0) is 12.9. The normalized spacial score (nSPS) is 10.5. The molecule has 0 aliphatic carbocycles. The molecule has 0 spiro atoms. The van der Waals surface area contributed by atoms with Gasteiger partial charge < -0.3 is 4.90 Å². The first kappa shape index (κ1) is 17.6. The molecule has 17 heavy (non-hydrogen) atoms. The minimum Gasteiger partial charge on any atom is -0.357 e. The van der Waals surface area contributed by atoms with E-state index in [9.17, 15) is 0 Å². The topological polar surface area (TPSA) is 3.24 Å². The Morgan fingerprint density at radius 1 is 0.941 bits per heavy atom. The second-order valence-corrected chi connectivity index (χ2v) is 6.23. The molecule has 0 fully saturated rings. The maximum absolute atomic E-state index is 5.35. The average Bonchev–Trinajstić information content (AvgIpc) is 2.36. The Labute approximate surface area is 122 Å². The SMILES string of the molecule is CCCCCCN(CCCCCC)C(=S)SS. The molecule has 0 aromatic rings. The maximum atomic E-state index is 5.35. The lowest BCUT2D eigenvalue weighted by Crippen LogP contribution is -2.29. The largest absolute Gasteiger partial charge is 0.357 e. The monoisotopic (exact) mass is 293 g/mol. The molecule has 0 atom stereocenters. The molecule has 0 bridgehead atoms. The molecule has 1 nitrogen and oxygen atoms in total. The summed E-state index contributed by atoms with van der Waals surface area (Å²) < 4.78 is 0.946. The summed E-state index contributed by atoms with van der Waals surface area (Å²) in [6.07, 6.45) is 10.4. The third-order valence-corrected chi connectivity index (χ3v) is 4.71. The summed E-state index contributed by atoms with van der Waals surface area (Å²) in [7, 11) is 1.41. The van der Waals surface area contributed by atoms with Gasteiger partial charge in [-0.3, -0.25) is 0 Å². The maximum Gasteiger partial charge on any atom is 0.146 e. The van der Waals surface area contributed by atoms with Crippen LogP contribution in [0.3, 0.4) is 0 Å². The number of thiocarbonyl (C=S) groups is 1. The van der Waals surface area contributed by atoms with E-state index < -0.39 is 0 Å². The second kappa shape index (κ2) is 13.0. The van der Waals surface area contributed by atoms with E-state index in [1.807, 2.05) is 0 Å². The van der Waals surface area contributed by atoms with Crippen LogP contribution in [0, 0.1) is 0 Å². The number of hydrogen-bond acceptors (Lipinski definition) is 3. The highest BCUT2D eigenvalue weighted by Crippen LogP contribution is 2.15. The van der Waals surface area contributed by atoms with E-state index in [-0.39, 0.29) is 0 Å². The van der Waals surface area contributed by atoms with Crippen LogP contribution >= 0.6 is 34.7 Å². The summed E-state index contributed by atoms with van der Waals surface area (Å²) in [6.45, 7) is 6.71. The number of hydrogen-bond donors (Lipinski definition) is 1. The summed E-state index contributed by atoms with van der Waals surface area (Å²) in [5.74, 6) is 0. The van der Waals surface area contributed by atoms with Crippen molar-refractivity contribution in [3.63, 3.8) is 0 Å². The van der Waals surface area contributed by atoms with Crippen molar-refractivity contribution in [1.29, 1.82) is 0 Å². The van der Waals surface area contributed by atoms with E-state index in [0.717, 1.165) is 17.4 Å².